The van der Waals surface area contributed by atoms with Crippen LogP contribution >= 0.6 is 11.8 Å². The summed E-state index contributed by atoms with van der Waals surface area (Å²) in [7, 11) is -3.27. The number of nitrogens with zero attached hydrogens (tertiary/aromatic N) is 2. The third-order valence-electron chi connectivity index (χ3n) is 4.11. The standard InChI is InChI=1S/C20H22N2O2S2/c1-16(2)18-10-6-7-11-19(18)22-13-12-21-20(22)25-14-15-26(23,24)17-8-4-3-5-9-17/h3-13,16H,14-15H2,1-2H3. The summed E-state index contributed by atoms with van der Waals surface area (Å²) in [5.41, 5.74) is 2.33. The Kier molecular flexibility index (Phi) is 5.84. The summed E-state index contributed by atoms with van der Waals surface area (Å²) < 4.78 is 26.9. The predicted octanol–water partition coefficient (Wildman–Crippen LogP) is 4.56. The van der Waals surface area contributed by atoms with E-state index in [1.54, 1.807) is 30.5 Å². The maximum atomic E-state index is 12.4. The molecule has 0 saturated carbocycles. The maximum Gasteiger partial charge on any atom is 0.179 e. The Labute approximate surface area is 159 Å². The van der Waals surface area contributed by atoms with Crippen molar-refractivity contribution in [2.24, 2.45) is 0 Å². The molecule has 6 heteroatoms. The van der Waals surface area contributed by atoms with Crippen LogP contribution in [0.2, 0.25) is 0 Å². The molecule has 0 bridgehead atoms. The molecule has 4 nitrogen and oxygen atoms in total. The Balaban J connectivity index is 1.75. The van der Waals surface area contributed by atoms with Crippen LogP contribution in [0.4, 0.5) is 0 Å². The van der Waals surface area contributed by atoms with E-state index >= 15 is 0 Å². The number of hydrogen-bond donors (Lipinski definition) is 0. The Bertz CT molecular complexity index is 964. The van der Waals surface area contributed by atoms with Gasteiger partial charge in [0.25, 0.3) is 0 Å². The van der Waals surface area contributed by atoms with Crippen LogP contribution in [0.15, 0.2) is 77.0 Å². The fourth-order valence-electron chi connectivity index (χ4n) is 2.76. The van der Waals surface area contributed by atoms with Crippen LogP contribution in [0.5, 0.6) is 0 Å². The largest absolute Gasteiger partial charge is 0.295 e. The van der Waals surface area contributed by atoms with Gasteiger partial charge in [0.2, 0.25) is 0 Å². The topological polar surface area (TPSA) is 52.0 Å². The molecule has 0 radical (unpaired) electrons. The van der Waals surface area contributed by atoms with Crippen LogP contribution in [-0.4, -0.2) is 29.5 Å². The van der Waals surface area contributed by atoms with Gasteiger partial charge in [-0.1, -0.05) is 62.0 Å². The summed E-state index contributed by atoms with van der Waals surface area (Å²) >= 11 is 1.46. The lowest BCUT2D eigenvalue weighted by atomic mass is 10.0. The van der Waals surface area contributed by atoms with Crippen LogP contribution < -0.4 is 0 Å². The van der Waals surface area contributed by atoms with Crippen molar-refractivity contribution in [2.75, 3.05) is 11.5 Å². The first-order valence-electron chi connectivity index (χ1n) is 8.52. The molecule has 26 heavy (non-hydrogen) atoms. The van der Waals surface area contributed by atoms with E-state index in [-0.39, 0.29) is 5.75 Å². The maximum absolute atomic E-state index is 12.4. The average molecular weight is 387 g/mol. The molecule has 0 aliphatic heterocycles. The molecule has 0 aliphatic rings. The minimum Gasteiger partial charge on any atom is -0.295 e. The van der Waals surface area contributed by atoms with Crippen LogP contribution in [0.3, 0.4) is 0 Å². The van der Waals surface area contributed by atoms with E-state index in [1.807, 2.05) is 29.0 Å². The molecule has 0 fully saturated rings. The van der Waals surface area contributed by atoms with E-state index in [0.717, 1.165) is 10.8 Å². The van der Waals surface area contributed by atoms with Crippen molar-refractivity contribution in [2.45, 2.75) is 29.8 Å². The summed E-state index contributed by atoms with van der Waals surface area (Å²) in [4.78, 5) is 4.79. The number of thioether (sulfide) groups is 1. The van der Waals surface area contributed by atoms with Crippen LogP contribution in [-0.2, 0) is 9.84 Å². The summed E-state index contributed by atoms with van der Waals surface area (Å²) in [5.74, 6) is 0.934. The first-order valence-corrected chi connectivity index (χ1v) is 11.2. The third kappa shape index (κ3) is 4.19. The van der Waals surface area contributed by atoms with Gasteiger partial charge in [0, 0.05) is 18.1 Å². The number of benzene rings is 2. The molecule has 0 N–H and O–H groups in total. The molecule has 0 atom stereocenters. The lowest BCUT2D eigenvalue weighted by Gasteiger charge is -2.15. The molecule has 3 rings (SSSR count). The van der Waals surface area contributed by atoms with Crippen molar-refractivity contribution in [3.63, 3.8) is 0 Å². The first kappa shape index (κ1) is 18.7. The van der Waals surface area contributed by atoms with E-state index in [2.05, 4.69) is 31.0 Å². The van der Waals surface area contributed by atoms with Crippen LogP contribution in [0, 0.1) is 0 Å². The average Bonchev–Trinajstić information content (AvgIpc) is 3.10. The molecule has 0 aliphatic carbocycles. The van der Waals surface area contributed by atoms with Crippen molar-refractivity contribution in [3.05, 3.63) is 72.6 Å². The van der Waals surface area contributed by atoms with Crippen LogP contribution in [0.25, 0.3) is 5.69 Å². The molecule has 136 valence electrons. The second-order valence-corrected chi connectivity index (χ2v) is 9.44. The zero-order valence-corrected chi connectivity index (χ0v) is 16.5. The van der Waals surface area contributed by atoms with Crippen molar-refractivity contribution < 1.29 is 8.42 Å². The third-order valence-corrected chi connectivity index (χ3v) is 7.07. The Hall–Kier alpha value is -2.05. The van der Waals surface area contributed by atoms with Crippen molar-refractivity contribution in [1.82, 2.24) is 9.55 Å². The summed E-state index contributed by atoms with van der Waals surface area (Å²) in [6.45, 7) is 4.32. The van der Waals surface area contributed by atoms with E-state index in [9.17, 15) is 8.42 Å². The van der Waals surface area contributed by atoms with Gasteiger partial charge in [-0.2, -0.15) is 0 Å². The van der Waals surface area contributed by atoms with Gasteiger partial charge in [-0.05, 0) is 29.7 Å². The summed E-state index contributed by atoms with van der Waals surface area (Å²) in [6.07, 6.45) is 3.68. The minimum absolute atomic E-state index is 0.0837. The molecule has 0 spiro atoms. The zero-order valence-electron chi connectivity index (χ0n) is 14.9. The summed E-state index contributed by atoms with van der Waals surface area (Å²) in [6, 6.07) is 16.8. The fraction of sp³-hybridized carbons (Fsp3) is 0.250. The predicted molar refractivity (Wildman–Crippen MR) is 107 cm³/mol. The summed E-state index contributed by atoms with van der Waals surface area (Å²) in [5, 5.41) is 0.807. The Morgan fingerprint density at radius 1 is 1.04 bits per heavy atom. The van der Waals surface area contributed by atoms with Crippen molar-refractivity contribution in [3.8, 4) is 5.69 Å². The van der Waals surface area contributed by atoms with Crippen molar-refractivity contribution >= 4 is 21.6 Å². The first-order chi connectivity index (χ1) is 12.5. The van der Waals surface area contributed by atoms with Gasteiger partial charge in [0.1, 0.15) is 0 Å². The highest BCUT2D eigenvalue weighted by atomic mass is 32.2. The van der Waals surface area contributed by atoms with Gasteiger partial charge < -0.3 is 0 Å². The van der Waals surface area contributed by atoms with Gasteiger partial charge in [-0.15, -0.1) is 0 Å². The number of sulfone groups is 1. The molecule has 1 heterocycles. The monoisotopic (exact) mass is 386 g/mol. The van der Waals surface area contributed by atoms with Crippen molar-refractivity contribution in [1.29, 1.82) is 0 Å². The highest BCUT2D eigenvalue weighted by molar-refractivity contribution is 8.00. The number of hydrogen-bond acceptors (Lipinski definition) is 4. The molecule has 0 unspecified atom stereocenters. The highest BCUT2D eigenvalue weighted by Crippen LogP contribution is 2.27. The Morgan fingerprint density at radius 3 is 2.46 bits per heavy atom. The van der Waals surface area contributed by atoms with Gasteiger partial charge in [-0.3, -0.25) is 4.57 Å². The van der Waals surface area contributed by atoms with Gasteiger partial charge in [0.05, 0.1) is 16.3 Å². The molecular weight excluding hydrogens is 364 g/mol. The van der Waals surface area contributed by atoms with E-state index in [4.69, 9.17) is 0 Å². The van der Waals surface area contributed by atoms with E-state index in [1.165, 1.54) is 17.3 Å². The molecule has 2 aromatic carbocycles. The lowest BCUT2D eigenvalue weighted by Crippen LogP contribution is -2.09. The quantitative estimate of drug-likeness (QED) is 0.559. The lowest BCUT2D eigenvalue weighted by molar-refractivity contribution is 0.597. The molecule has 0 saturated heterocycles. The molecule has 3 aromatic rings. The molecule has 1 aromatic heterocycles. The molecule has 0 amide bonds. The normalized spacial score (nSPS) is 11.8. The number of imidazole rings is 1. The van der Waals surface area contributed by atoms with Crippen LogP contribution in [0.1, 0.15) is 25.3 Å². The minimum atomic E-state index is -3.27. The number of para-hydroxylation sites is 1. The van der Waals surface area contributed by atoms with E-state index < -0.39 is 9.84 Å². The zero-order chi connectivity index (χ0) is 18.6. The smallest absolute Gasteiger partial charge is 0.179 e. The Morgan fingerprint density at radius 2 is 1.73 bits per heavy atom. The number of rotatable bonds is 7. The van der Waals surface area contributed by atoms with E-state index in [0.29, 0.717) is 16.6 Å². The second kappa shape index (κ2) is 8.10. The highest BCUT2D eigenvalue weighted by Gasteiger charge is 2.16. The second-order valence-electron chi connectivity index (χ2n) is 6.27. The number of aromatic nitrogens is 2. The molecular formula is C20H22N2O2S2. The SMILES string of the molecule is CC(C)c1ccccc1-n1ccnc1SCCS(=O)(=O)c1ccccc1. The van der Waals surface area contributed by atoms with Gasteiger partial charge in [0.15, 0.2) is 15.0 Å². The fourth-order valence-corrected chi connectivity index (χ4v) is 5.40. The van der Waals surface area contributed by atoms with Gasteiger partial charge in [-0.25, -0.2) is 13.4 Å². The van der Waals surface area contributed by atoms with Gasteiger partial charge >= 0.3 is 0 Å².